The molecule has 3 aromatic carbocycles. The van der Waals surface area contributed by atoms with Crippen molar-refractivity contribution in [3.63, 3.8) is 0 Å². The first-order chi connectivity index (χ1) is 16.5. The van der Waals surface area contributed by atoms with Crippen molar-refractivity contribution >= 4 is 23.2 Å². The minimum absolute atomic E-state index is 0.0735. The molecule has 0 spiro atoms. The Hall–Kier alpha value is -3.84. The Labute approximate surface area is 200 Å². The second-order valence-electron chi connectivity index (χ2n) is 7.70. The molecule has 34 heavy (non-hydrogen) atoms. The molecule has 178 valence electrons. The quantitative estimate of drug-likeness (QED) is 0.390. The van der Waals surface area contributed by atoms with Gasteiger partial charge < -0.3 is 25.0 Å². The molecule has 3 rings (SSSR count). The SMILES string of the molecule is CCOCCOc1ccc(NC(=O)CNc2cccc(C(=O)N(C)Cc3ccccc3)c2)cc1. The van der Waals surface area contributed by atoms with Crippen LogP contribution in [0.25, 0.3) is 0 Å². The summed E-state index contributed by atoms with van der Waals surface area (Å²) in [5.41, 5.74) is 3.00. The highest BCUT2D eigenvalue weighted by atomic mass is 16.5. The largest absolute Gasteiger partial charge is 0.491 e. The fourth-order valence-corrected chi connectivity index (χ4v) is 3.30. The molecule has 0 bridgehead atoms. The zero-order chi connectivity index (χ0) is 24.2. The lowest BCUT2D eigenvalue weighted by Crippen LogP contribution is -2.26. The van der Waals surface area contributed by atoms with Crippen molar-refractivity contribution in [1.82, 2.24) is 4.90 Å². The molecule has 2 N–H and O–H groups in total. The Bertz CT molecular complexity index is 1050. The van der Waals surface area contributed by atoms with Crippen LogP contribution in [-0.4, -0.2) is 50.1 Å². The second-order valence-corrected chi connectivity index (χ2v) is 7.70. The summed E-state index contributed by atoms with van der Waals surface area (Å²) in [6, 6.07) is 24.2. The van der Waals surface area contributed by atoms with Gasteiger partial charge in [-0.15, -0.1) is 0 Å². The third kappa shape index (κ3) is 7.94. The number of benzene rings is 3. The molecule has 2 amide bonds. The third-order valence-electron chi connectivity index (χ3n) is 5.01. The zero-order valence-electron chi connectivity index (χ0n) is 19.6. The molecule has 0 aromatic heterocycles. The smallest absolute Gasteiger partial charge is 0.253 e. The normalized spacial score (nSPS) is 10.4. The highest BCUT2D eigenvalue weighted by Crippen LogP contribution is 2.16. The number of nitrogens with one attached hydrogen (secondary N) is 2. The minimum atomic E-state index is -0.192. The van der Waals surface area contributed by atoms with Gasteiger partial charge in [0.1, 0.15) is 12.4 Å². The molecule has 0 atom stereocenters. The predicted molar refractivity (Wildman–Crippen MR) is 134 cm³/mol. The molecule has 7 nitrogen and oxygen atoms in total. The Balaban J connectivity index is 1.47. The van der Waals surface area contributed by atoms with Gasteiger partial charge in [-0.3, -0.25) is 9.59 Å². The number of anilines is 2. The number of nitrogens with zero attached hydrogens (tertiary/aromatic N) is 1. The number of carbonyl (C=O) groups excluding carboxylic acids is 2. The van der Waals surface area contributed by atoms with E-state index in [1.807, 2.05) is 43.3 Å². The van der Waals surface area contributed by atoms with Crippen molar-refractivity contribution in [1.29, 1.82) is 0 Å². The number of amides is 2. The van der Waals surface area contributed by atoms with Crippen molar-refractivity contribution in [2.75, 3.05) is 44.0 Å². The van der Waals surface area contributed by atoms with Crippen molar-refractivity contribution in [2.24, 2.45) is 0 Å². The lowest BCUT2D eigenvalue weighted by Gasteiger charge is -2.18. The maximum atomic E-state index is 12.8. The number of ether oxygens (including phenoxy) is 2. The Morgan fingerprint density at radius 2 is 1.65 bits per heavy atom. The van der Waals surface area contributed by atoms with Gasteiger partial charge in [-0.1, -0.05) is 36.4 Å². The number of hydrogen-bond acceptors (Lipinski definition) is 5. The second kappa shape index (κ2) is 13.0. The fraction of sp³-hybridized carbons (Fsp3) is 0.259. The van der Waals surface area contributed by atoms with E-state index in [2.05, 4.69) is 10.6 Å². The van der Waals surface area contributed by atoms with E-state index in [1.54, 1.807) is 54.4 Å². The maximum absolute atomic E-state index is 12.8. The van der Waals surface area contributed by atoms with Crippen LogP contribution < -0.4 is 15.4 Å². The third-order valence-corrected chi connectivity index (χ3v) is 5.01. The van der Waals surface area contributed by atoms with Crippen LogP contribution in [0.4, 0.5) is 11.4 Å². The summed E-state index contributed by atoms with van der Waals surface area (Å²) in [7, 11) is 1.78. The Kier molecular flexibility index (Phi) is 9.49. The van der Waals surface area contributed by atoms with Crippen LogP contribution in [0.15, 0.2) is 78.9 Å². The zero-order valence-corrected chi connectivity index (χ0v) is 19.6. The van der Waals surface area contributed by atoms with E-state index in [1.165, 1.54) is 0 Å². The first-order valence-electron chi connectivity index (χ1n) is 11.3. The average molecular weight is 462 g/mol. The van der Waals surface area contributed by atoms with Crippen LogP contribution in [-0.2, 0) is 16.1 Å². The maximum Gasteiger partial charge on any atom is 0.253 e. The molecule has 0 radical (unpaired) electrons. The van der Waals surface area contributed by atoms with Crippen molar-refractivity contribution in [3.05, 3.63) is 90.0 Å². The molecule has 0 aliphatic rings. The van der Waals surface area contributed by atoms with Crippen LogP contribution in [0.3, 0.4) is 0 Å². The van der Waals surface area contributed by atoms with Crippen LogP contribution in [0.1, 0.15) is 22.8 Å². The summed E-state index contributed by atoms with van der Waals surface area (Å²) in [5, 5.41) is 5.92. The van der Waals surface area contributed by atoms with Gasteiger partial charge in [-0.05, 0) is 55.0 Å². The number of carbonyl (C=O) groups is 2. The molecule has 0 unspecified atom stereocenters. The van der Waals surface area contributed by atoms with Gasteiger partial charge in [-0.2, -0.15) is 0 Å². The van der Waals surface area contributed by atoms with Crippen LogP contribution in [0, 0.1) is 0 Å². The van der Waals surface area contributed by atoms with Gasteiger partial charge in [0, 0.05) is 37.1 Å². The molecular weight excluding hydrogens is 430 g/mol. The van der Waals surface area contributed by atoms with Gasteiger partial charge in [0.2, 0.25) is 5.91 Å². The van der Waals surface area contributed by atoms with E-state index >= 15 is 0 Å². The first-order valence-corrected chi connectivity index (χ1v) is 11.3. The van der Waals surface area contributed by atoms with Crippen molar-refractivity contribution in [3.8, 4) is 5.75 Å². The molecule has 0 aliphatic carbocycles. The van der Waals surface area contributed by atoms with Crippen LogP contribution in [0.2, 0.25) is 0 Å². The molecule has 7 heteroatoms. The van der Waals surface area contributed by atoms with E-state index in [-0.39, 0.29) is 18.4 Å². The van der Waals surface area contributed by atoms with Crippen molar-refractivity contribution < 1.29 is 19.1 Å². The van der Waals surface area contributed by atoms with Gasteiger partial charge >= 0.3 is 0 Å². The molecule has 3 aromatic rings. The van der Waals surface area contributed by atoms with Crippen LogP contribution in [0.5, 0.6) is 5.75 Å². The van der Waals surface area contributed by atoms with Gasteiger partial charge in [0.15, 0.2) is 0 Å². The minimum Gasteiger partial charge on any atom is -0.491 e. The molecule has 0 saturated carbocycles. The first kappa shape index (κ1) is 24.8. The predicted octanol–water partition coefficient (Wildman–Crippen LogP) is 4.42. The Morgan fingerprint density at radius 1 is 0.882 bits per heavy atom. The lowest BCUT2D eigenvalue weighted by molar-refractivity contribution is -0.114. The summed E-state index contributed by atoms with van der Waals surface area (Å²) in [6.07, 6.45) is 0. The molecule has 0 saturated heterocycles. The topological polar surface area (TPSA) is 79.9 Å². The van der Waals surface area contributed by atoms with E-state index in [4.69, 9.17) is 9.47 Å². The fourth-order valence-electron chi connectivity index (χ4n) is 3.30. The van der Waals surface area contributed by atoms with Gasteiger partial charge in [-0.25, -0.2) is 0 Å². The summed E-state index contributed by atoms with van der Waals surface area (Å²) < 4.78 is 10.8. The molecule has 0 fully saturated rings. The highest BCUT2D eigenvalue weighted by Gasteiger charge is 2.13. The van der Waals surface area contributed by atoms with Gasteiger partial charge in [0.25, 0.3) is 5.91 Å². The number of hydrogen-bond donors (Lipinski definition) is 2. The Morgan fingerprint density at radius 3 is 2.38 bits per heavy atom. The summed E-state index contributed by atoms with van der Waals surface area (Å²) in [4.78, 5) is 26.8. The summed E-state index contributed by atoms with van der Waals surface area (Å²) in [6.45, 7) is 4.21. The lowest BCUT2D eigenvalue weighted by atomic mass is 10.1. The molecular formula is C27H31N3O4. The van der Waals surface area contributed by atoms with Crippen molar-refractivity contribution in [2.45, 2.75) is 13.5 Å². The summed E-state index contributed by atoms with van der Waals surface area (Å²) >= 11 is 0. The van der Waals surface area contributed by atoms with E-state index < -0.39 is 0 Å². The standard InChI is InChI=1S/C27H31N3O4/c1-3-33-16-17-34-25-14-12-23(13-15-25)29-26(31)19-28-24-11-7-10-22(18-24)27(32)30(2)20-21-8-5-4-6-9-21/h4-15,18,28H,3,16-17,19-20H2,1-2H3,(H,29,31). The molecule has 0 heterocycles. The van der Waals surface area contributed by atoms with E-state index in [9.17, 15) is 9.59 Å². The van der Waals surface area contributed by atoms with E-state index in [0.717, 1.165) is 11.3 Å². The van der Waals surface area contributed by atoms with Gasteiger partial charge in [0.05, 0.1) is 13.2 Å². The highest BCUT2D eigenvalue weighted by molar-refractivity contribution is 5.96. The summed E-state index contributed by atoms with van der Waals surface area (Å²) in [5.74, 6) is 0.443. The van der Waals surface area contributed by atoms with Crippen LogP contribution >= 0.6 is 0 Å². The average Bonchev–Trinajstić information content (AvgIpc) is 2.86. The van der Waals surface area contributed by atoms with E-state index in [0.29, 0.717) is 43.3 Å². The molecule has 0 aliphatic heterocycles. The number of rotatable bonds is 12. The monoisotopic (exact) mass is 461 g/mol.